The van der Waals surface area contributed by atoms with Crippen LogP contribution in [0.1, 0.15) is 35.9 Å². The first kappa shape index (κ1) is 20.0. The average Bonchev–Trinajstić information content (AvgIpc) is 2.85. The number of aliphatic imine (C=N–C) groups is 1. The predicted octanol–water partition coefficient (Wildman–Crippen LogP) is 2.49. The van der Waals surface area contributed by atoms with E-state index < -0.39 is 0 Å². The summed E-state index contributed by atoms with van der Waals surface area (Å²) in [6.45, 7) is 8.39. The van der Waals surface area contributed by atoms with Gasteiger partial charge in [0.05, 0.1) is 18.9 Å². The Balaban J connectivity index is 1.56. The molecule has 152 valence electrons. The number of guanidine groups is 1. The third-order valence-corrected chi connectivity index (χ3v) is 5.05. The molecule has 28 heavy (non-hydrogen) atoms. The van der Waals surface area contributed by atoms with Crippen LogP contribution in [0.2, 0.25) is 0 Å². The normalized spacial score (nSPS) is 15.1. The number of rotatable bonds is 5. The Hall–Kier alpha value is -2.70. The van der Waals surface area contributed by atoms with E-state index in [1.807, 2.05) is 23.9 Å². The maximum atomic E-state index is 5.77. The summed E-state index contributed by atoms with van der Waals surface area (Å²) in [6, 6.07) is 6.30. The van der Waals surface area contributed by atoms with Gasteiger partial charge in [-0.3, -0.25) is 9.67 Å². The van der Waals surface area contributed by atoms with Crippen LogP contribution >= 0.6 is 0 Å². The Morgan fingerprint density at radius 1 is 1.25 bits per heavy atom. The SMILES string of the molecule is CN=C(NCc1ccc2c(c1)OCCCO2)NC(C)Cc1c(C)nn(C)c1C. The molecule has 1 aromatic heterocycles. The quantitative estimate of drug-likeness (QED) is 0.611. The molecule has 0 radical (unpaired) electrons. The molecule has 1 atom stereocenters. The summed E-state index contributed by atoms with van der Waals surface area (Å²) in [6.07, 6.45) is 1.81. The summed E-state index contributed by atoms with van der Waals surface area (Å²) < 4.78 is 13.4. The molecular formula is C21H31N5O2. The standard InChI is InChI=1S/C21H31N5O2/c1-14(11-18-15(2)25-26(5)16(18)3)24-21(22-4)23-13-17-7-8-19-20(12-17)28-10-6-9-27-19/h7-8,12,14H,6,9-11,13H2,1-5H3,(H2,22,23,24). The molecule has 3 rings (SSSR count). The molecule has 0 fully saturated rings. The van der Waals surface area contributed by atoms with Gasteiger partial charge in [0.25, 0.3) is 0 Å². The minimum atomic E-state index is 0.233. The first-order chi connectivity index (χ1) is 13.5. The maximum Gasteiger partial charge on any atom is 0.191 e. The van der Waals surface area contributed by atoms with E-state index >= 15 is 0 Å². The molecule has 7 heteroatoms. The number of aryl methyl sites for hydroxylation is 2. The summed E-state index contributed by atoms with van der Waals surface area (Å²) in [5, 5.41) is 11.4. The summed E-state index contributed by atoms with van der Waals surface area (Å²) in [7, 11) is 3.77. The third kappa shape index (κ3) is 4.77. The lowest BCUT2D eigenvalue weighted by atomic mass is 10.1. The van der Waals surface area contributed by atoms with Crippen molar-refractivity contribution >= 4 is 5.96 Å². The number of ether oxygens (including phenoxy) is 2. The van der Waals surface area contributed by atoms with Gasteiger partial charge in [0.1, 0.15) is 0 Å². The highest BCUT2D eigenvalue weighted by atomic mass is 16.5. The van der Waals surface area contributed by atoms with Gasteiger partial charge >= 0.3 is 0 Å². The molecule has 0 saturated heterocycles. The average molecular weight is 386 g/mol. The second kappa shape index (κ2) is 8.99. The molecule has 2 aromatic rings. The maximum absolute atomic E-state index is 5.77. The number of fused-ring (bicyclic) bond motifs is 1. The van der Waals surface area contributed by atoms with Crippen molar-refractivity contribution < 1.29 is 9.47 Å². The lowest BCUT2D eigenvalue weighted by Crippen LogP contribution is -2.42. The fourth-order valence-electron chi connectivity index (χ4n) is 3.40. The van der Waals surface area contributed by atoms with Gasteiger partial charge < -0.3 is 20.1 Å². The molecule has 0 aliphatic carbocycles. The molecule has 1 aromatic carbocycles. The molecule has 1 aliphatic rings. The lowest BCUT2D eigenvalue weighted by molar-refractivity contribution is 0.297. The van der Waals surface area contributed by atoms with Crippen LogP contribution in [0.25, 0.3) is 0 Å². The first-order valence-electron chi connectivity index (χ1n) is 9.82. The van der Waals surface area contributed by atoms with Gasteiger partial charge in [-0.2, -0.15) is 5.10 Å². The Kier molecular flexibility index (Phi) is 6.44. The molecule has 1 aliphatic heterocycles. The topological polar surface area (TPSA) is 72.7 Å². The first-order valence-corrected chi connectivity index (χ1v) is 9.82. The van der Waals surface area contributed by atoms with Crippen molar-refractivity contribution in [1.82, 2.24) is 20.4 Å². The van der Waals surface area contributed by atoms with Crippen LogP contribution in [-0.2, 0) is 20.0 Å². The number of aromatic nitrogens is 2. The Morgan fingerprint density at radius 2 is 2.00 bits per heavy atom. The molecule has 0 saturated carbocycles. The number of nitrogens with zero attached hydrogens (tertiary/aromatic N) is 3. The van der Waals surface area contributed by atoms with E-state index in [4.69, 9.17) is 9.47 Å². The van der Waals surface area contributed by atoms with E-state index in [1.165, 1.54) is 11.3 Å². The minimum Gasteiger partial charge on any atom is -0.490 e. The number of nitrogens with one attached hydrogen (secondary N) is 2. The summed E-state index contributed by atoms with van der Waals surface area (Å²) in [5.74, 6) is 2.41. The Bertz CT molecular complexity index is 844. The molecule has 0 amide bonds. The molecular weight excluding hydrogens is 354 g/mol. The molecule has 7 nitrogen and oxygen atoms in total. The molecule has 1 unspecified atom stereocenters. The van der Waals surface area contributed by atoms with Crippen LogP contribution in [0.3, 0.4) is 0 Å². The van der Waals surface area contributed by atoms with Crippen molar-refractivity contribution in [3.63, 3.8) is 0 Å². The van der Waals surface area contributed by atoms with Gasteiger partial charge in [-0.1, -0.05) is 6.07 Å². The third-order valence-electron chi connectivity index (χ3n) is 5.05. The summed E-state index contributed by atoms with van der Waals surface area (Å²) >= 11 is 0. The van der Waals surface area contributed by atoms with E-state index in [-0.39, 0.29) is 6.04 Å². The van der Waals surface area contributed by atoms with Crippen molar-refractivity contribution in [2.24, 2.45) is 12.0 Å². The summed E-state index contributed by atoms with van der Waals surface area (Å²) in [4.78, 5) is 4.35. The van der Waals surface area contributed by atoms with Gasteiger partial charge in [0.15, 0.2) is 17.5 Å². The van der Waals surface area contributed by atoms with Gasteiger partial charge in [-0.25, -0.2) is 0 Å². The van der Waals surface area contributed by atoms with Crippen molar-refractivity contribution in [2.75, 3.05) is 20.3 Å². The fourth-order valence-corrected chi connectivity index (χ4v) is 3.40. The van der Waals surface area contributed by atoms with Crippen LogP contribution in [0.5, 0.6) is 11.5 Å². The molecule has 0 spiro atoms. The lowest BCUT2D eigenvalue weighted by Gasteiger charge is -2.18. The highest BCUT2D eigenvalue weighted by molar-refractivity contribution is 5.80. The van der Waals surface area contributed by atoms with Crippen LogP contribution in [0.15, 0.2) is 23.2 Å². The van der Waals surface area contributed by atoms with E-state index in [0.717, 1.165) is 41.6 Å². The van der Waals surface area contributed by atoms with E-state index in [2.05, 4.69) is 47.6 Å². The largest absolute Gasteiger partial charge is 0.490 e. The van der Waals surface area contributed by atoms with Gasteiger partial charge in [-0.05, 0) is 50.5 Å². The van der Waals surface area contributed by atoms with E-state index in [0.29, 0.717) is 19.8 Å². The zero-order valence-electron chi connectivity index (χ0n) is 17.5. The highest BCUT2D eigenvalue weighted by Crippen LogP contribution is 2.30. The van der Waals surface area contributed by atoms with Crippen molar-refractivity contribution in [3.8, 4) is 11.5 Å². The smallest absolute Gasteiger partial charge is 0.191 e. The predicted molar refractivity (Wildman–Crippen MR) is 111 cm³/mol. The number of benzene rings is 1. The van der Waals surface area contributed by atoms with Crippen LogP contribution in [-0.4, -0.2) is 42.0 Å². The monoisotopic (exact) mass is 385 g/mol. The fraction of sp³-hybridized carbons (Fsp3) is 0.524. The van der Waals surface area contributed by atoms with Crippen molar-refractivity contribution in [3.05, 3.63) is 40.7 Å². The number of hydrogen-bond donors (Lipinski definition) is 2. The highest BCUT2D eigenvalue weighted by Gasteiger charge is 2.14. The van der Waals surface area contributed by atoms with Crippen LogP contribution < -0.4 is 20.1 Å². The molecule has 2 heterocycles. The minimum absolute atomic E-state index is 0.233. The molecule has 2 N–H and O–H groups in total. The molecule has 0 bridgehead atoms. The van der Waals surface area contributed by atoms with Gasteiger partial charge in [0.2, 0.25) is 0 Å². The van der Waals surface area contributed by atoms with Gasteiger partial charge in [0, 0.05) is 38.8 Å². The Labute approximate surface area is 167 Å². The second-order valence-electron chi connectivity index (χ2n) is 7.28. The van der Waals surface area contributed by atoms with E-state index in [9.17, 15) is 0 Å². The van der Waals surface area contributed by atoms with Crippen molar-refractivity contribution in [2.45, 2.75) is 46.2 Å². The van der Waals surface area contributed by atoms with Gasteiger partial charge in [-0.15, -0.1) is 0 Å². The Morgan fingerprint density at radius 3 is 2.68 bits per heavy atom. The van der Waals surface area contributed by atoms with Crippen LogP contribution in [0, 0.1) is 13.8 Å². The summed E-state index contributed by atoms with van der Waals surface area (Å²) in [5.41, 5.74) is 4.71. The van der Waals surface area contributed by atoms with Crippen molar-refractivity contribution in [1.29, 1.82) is 0 Å². The van der Waals surface area contributed by atoms with Crippen LogP contribution in [0.4, 0.5) is 0 Å². The van der Waals surface area contributed by atoms with E-state index in [1.54, 1.807) is 7.05 Å². The zero-order chi connectivity index (χ0) is 20.1. The zero-order valence-corrected chi connectivity index (χ0v) is 17.5. The number of hydrogen-bond acceptors (Lipinski definition) is 4. The second-order valence-corrected chi connectivity index (χ2v) is 7.28.